The Bertz CT molecular complexity index is 246. The Kier molecular flexibility index (Phi) is 1.24. The molecular formula is C8H7N2. The average molecular weight is 131 g/mol. The van der Waals surface area contributed by atoms with Gasteiger partial charge >= 0.3 is 0 Å². The quantitative estimate of drug-likeness (QED) is 0.475. The summed E-state index contributed by atoms with van der Waals surface area (Å²) in [7, 11) is 0. The zero-order chi connectivity index (χ0) is 6.81. The molecule has 2 rings (SSSR count). The largest absolute Gasteiger partial charge is 0.238 e. The van der Waals surface area contributed by atoms with E-state index in [4.69, 9.17) is 0 Å². The summed E-state index contributed by atoms with van der Waals surface area (Å²) in [5.74, 6) is 0.409. The van der Waals surface area contributed by atoms with Crippen molar-refractivity contribution < 1.29 is 0 Å². The van der Waals surface area contributed by atoms with E-state index < -0.39 is 0 Å². The van der Waals surface area contributed by atoms with Crippen LogP contribution in [0.1, 0.15) is 6.42 Å². The van der Waals surface area contributed by atoms with E-state index in [0.717, 1.165) is 12.1 Å². The number of fused-ring (bicyclic) bond motifs is 1. The van der Waals surface area contributed by atoms with Gasteiger partial charge in [-0.3, -0.25) is 0 Å². The van der Waals surface area contributed by atoms with E-state index in [1.54, 1.807) is 0 Å². The van der Waals surface area contributed by atoms with E-state index in [0.29, 0.717) is 5.92 Å². The van der Waals surface area contributed by atoms with Crippen LogP contribution < -0.4 is 0 Å². The number of nitrogens with zero attached hydrogens (tertiary/aromatic N) is 2. The maximum absolute atomic E-state index is 4.01. The summed E-state index contributed by atoms with van der Waals surface area (Å²) >= 11 is 0. The van der Waals surface area contributed by atoms with Gasteiger partial charge in [-0.25, -0.2) is 9.98 Å². The maximum Gasteiger partial charge on any atom is 0.197 e. The van der Waals surface area contributed by atoms with Gasteiger partial charge in [-0.1, -0.05) is 12.2 Å². The van der Waals surface area contributed by atoms with Gasteiger partial charge in [-0.2, -0.15) is 0 Å². The second kappa shape index (κ2) is 2.21. The fraction of sp³-hybridized carbons (Fsp3) is 0.250. The minimum atomic E-state index is 0.409. The molecule has 10 heavy (non-hydrogen) atoms. The highest BCUT2D eigenvalue weighted by Crippen LogP contribution is 2.20. The Morgan fingerprint density at radius 3 is 3.50 bits per heavy atom. The molecule has 0 bridgehead atoms. The number of hydrogen-bond donors (Lipinski definition) is 0. The summed E-state index contributed by atoms with van der Waals surface area (Å²) in [6.45, 7) is 0. The van der Waals surface area contributed by atoms with Crippen LogP contribution in [0.25, 0.3) is 0 Å². The molecule has 49 valence electrons. The van der Waals surface area contributed by atoms with Crippen LogP contribution in [0.4, 0.5) is 0 Å². The summed E-state index contributed by atoms with van der Waals surface area (Å²) in [6.07, 6.45) is 11.7. The van der Waals surface area contributed by atoms with Gasteiger partial charge in [-0.05, 0) is 12.5 Å². The first kappa shape index (κ1) is 5.59. The molecule has 0 saturated carbocycles. The SMILES string of the molecule is [C]1=NC2=CC=CCC2C=N1. The zero-order valence-corrected chi connectivity index (χ0v) is 5.49. The van der Waals surface area contributed by atoms with E-state index in [9.17, 15) is 0 Å². The summed E-state index contributed by atoms with van der Waals surface area (Å²) in [4.78, 5) is 7.86. The van der Waals surface area contributed by atoms with E-state index in [-0.39, 0.29) is 0 Å². The van der Waals surface area contributed by atoms with Crippen LogP contribution >= 0.6 is 0 Å². The van der Waals surface area contributed by atoms with Crippen molar-refractivity contribution in [2.45, 2.75) is 6.42 Å². The van der Waals surface area contributed by atoms with Crippen molar-refractivity contribution in [2.75, 3.05) is 0 Å². The van der Waals surface area contributed by atoms with Gasteiger partial charge in [0.1, 0.15) is 0 Å². The van der Waals surface area contributed by atoms with Gasteiger partial charge in [0.05, 0.1) is 5.70 Å². The third-order valence-electron chi connectivity index (χ3n) is 1.66. The van der Waals surface area contributed by atoms with Crippen molar-refractivity contribution in [1.82, 2.24) is 0 Å². The van der Waals surface area contributed by atoms with Gasteiger partial charge in [0.25, 0.3) is 0 Å². The maximum atomic E-state index is 4.01. The molecule has 1 aliphatic heterocycles. The first-order valence-corrected chi connectivity index (χ1v) is 3.32. The van der Waals surface area contributed by atoms with E-state index >= 15 is 0 Å². The normalized spacial score (nSPS) is 28.0. The molecule has 0 aromatic rings. The molecule has 0 aromatic heterocycles. The summed E-state index contributed by atoms with van der Waals surface area (Å²) < 4.78 is 0. The molecule has 0 saturated heterocycles. The van der Waals surface area contributed by atoms with E-state index in [1.807, 2.05) is 18.4 Å². The van der Waals surface area contributed by atoms with Crippen LogP contribution in [0.5, 0.6) is 0 Å². The molecule has 0 spiro atoms. The molecule has 0 fully saturated rings. The van der Waals surface area contributed by atoms with Crippen LogP contribution in [-0.4, -0.2) is 12.6 Å². The minimum absolute atomic E-state index is 0.409. The molecule has 1 atom stereocenters. The van der Waals surface area contributed by atoms with Crippen LogP contribution in [0, 0.1) is 5.92 Å². The molecular weight excluding hydrogens is 124 g/mol. The molecule has 2 nitrogen and oxygen atoms in total. The van der Waals surface area contributed by atoms with Gasteiger partial charge in [-0.15, -0.1) is 0 Å². The van der Waals surface area contributed by atoms with Crippen LogP contribution in [0.3, 0.4) is 0 Å². The second-order valence-corrected chi connectivity index (χ2v) is 2.35. The summed E-state index contributed by atoms with van der Waals surface area (Å²) in [5.41, 5.74) is 1.08. The van der Waals surface area contributed by atoms with Crippen molar-refractivity contribution in [3.05, 3.63) is 23.9 Å². The smallest absolute Gasteiger partial charge is 0.197 e. The number of allylic oxidation sites excluding steroid dienone is 4. The highest BCUT2D eigenvalue weighted by molar-refractivity contribution is 5.80. The van der Waals surface area contributed by atoms with Crippen LogP contribution in [0.15, 0.2) is 33.9 Å². The number of hydrogen-bond acceptors (Lipinski definition) is 2. The Balaban J connectivity index is 2.34. The molecule has 0 amide bonds. The standard InChI is InChI=1S/C8H7N2/c1-2-4-8-7(3-1)5-9-6-10-8/h1-2,4-5,7H,3H2. The predicted octanol–water partition coefficient (Wildman–Crippen LogP) is 1.44. The van der Waals surface area contributed by atoms with Crippen molar-refractivity contribution in [1.29, 1.82) is 0 Å². The Labute approximate surface area is 59.7 Å². The highest BCUT2D eigenvalue weighted by atomic mass is 14.9. The molecule has 2 aliphatic rings. The van der Waals surface area contributed by atoms with Crippen molar-refractivity contribution in [3.8, 4) is 0 Å². The fourth-order valence-corrected chi connectivity index (χ4v) is 1.10. The first-order chi connectivity index (χ1) is 4.97. The minimum Gasteiger partial charge on any atom is -0.238 e. The van der Waals surface area contributed by atoms with Crippen molar-refractivity contribution >= 4 is 12.6 Å². The van der Waals surface area contributed by atoms with Gasteiger partial charge in [0.2, 0.25) is 0 Å². The summed E-state index contributed by atoms with van der Waals surface area (Å²) in [6, 6.07) is 0. The van der Waals surface area contributed by atoms with Crippen LogP contribution in [0.2, 0.25) is 0 Å². The number of aliphatic imine (C=N–C) groups is 2. The van der Waals surface area contributed by atoms with E-state index in [2.05, 4.69) is 22.4 Å². The highest BCUT2D eigenvalue weighted by Gasteiger charge is 2.13. The lowest BCUT2D eigenvalue weighted by molar-refractivity contribution is 0.807. The molecule has 1 unspecified atom stereocenters. The molecule has 0 aromatic carbocycles. The lowest BCUT2D eigenvalue weighted by Gasteiger charge is -2.14. The molecule has 0 N–H and O–H groups in total. The topological polar surface area (TPSA) is 24.7 Å². The Hall–Kier alpha value is -1.18. The van der Waals surface area contributed by atoms with Gasteiger partial charge in [0, 0.05) is 12.1 Å². The Morgan fingerprint density at radius 2 is 2.60 bits per heavy atom. The molecule has 1 radical (unpaired) electrons. The van der Waals surface area contributed by atoms with Gasteiger partial charge in [0.15, 0.2) is 6.34 Å². The lowest BCUT2D eigenvalue weighted by atomic mass is 9.98. The van der Waals surface area contributed by atoms with Gasteiger partial charge < -0.3 is 0 Å². The average Bonchev–Trinajstić information content (AvgIpc) is 2.05. The number of rotatable bonds is 0. The third-order valence-corrected chi connectivity index (χ3v) is 1.66. The second-order valence-electron chi connectivity index (χ2n) is 2.35. The lowest BCUT2D eigenvalue weighted by Crippen LogP contribution is -2.08. The monoisotopic (exact) mass is 131 g/mol. The molecule has 1 aliphatic carbocycles. The molecule has 2 heteroatoms. The van der Waals surface area contributed by atoms with Crippen molar-refractivity contribution in [3.63, 3.8) is 0 Å². The fourth-order valence-electron chi connectivity index (χ4n) is 1.10. The van der Waals surface area contributed by atoms with Crippen molar-refractivity contribution in [2.24, 2.45) is 15.9 Å². The van der Waals surface area contributed by atoms with E-state index in [1.165, 1.54) is 0 Å². The molecule has 1 heterocycles. The summed E-state index contributed by atoms with van der Waals surface area (Å²) in [5, 5.41) is 0. The Morgan fingerprint density at radius 1 is 1.60 bits per heavy atom. The van der Waals surface area contributed by atoms with Crippen LogP contribution in [-0.2, 0) is 0 Å². The zero-order valence-electron chi connectivity index (χ0n) is 5.49. The third kappa shape index (κ3) is 0.817. The predicted molar refractivity (Wildman–Crippen MR) is 41.3 cm³/mol. The first-order valence-electron chi connectivity index (χ1n) is 3.32.